The fraction of sp³-hybridized carbons (Fsp3) is 0.412. The smallest absolute Gasteiger partial charge is 0.323 e. The third-order valence-electron chi connectivity index (χ3n) is 3.73. The van der Waals surface area contributed by atoms with E-state index in [1.54, 1.807) is 33.0 Å². The third-order valence-corrected chi connectivity index (χ3v) is 3.96. The summed E-state index contributed by atoms with van der Waals surface area (Å²) in [6, 6.07) is 5.69. The minimum Gasteiger partial charge on any atom is -0.459 e. The summed E-state index contributed by atoms with van der Waals surface area (Å²) in [5.74, 6) is -1.45. The van der Waals surface area contributed by atoms with Gasteiger partial charge in [0.1, 0.15) is 5.60 Å². The van der Waals surface area contributed by atoms with Gasteiger partial charge in [0.05, 0.1) is 5.02 Å². The number of halogens is 1. The maximum absolute atomic E-state index is 12.5. The molecule has 0 aromatic carbocycles. The number of fused-ring (bicyclic) bond motifs is 3. The van der Waals surface area contributed by atoms with E-state index >= 15 is 0 Å². The summed E-state index contributed by atoms with van der Waals surface area (Å²) in [4.78, 5) is 24.9. The zero-order valence-electron chi connectivity index (χ0n) is 12.9. The molecule has 2 aromatic rings. The maximum Gasteiger partial charge on any atom is 0.323 e. The second-order valence-corrected chi connectivity index (χ2v) is 7.07. The number of hydrogen-bond donors (Lipinski definition) is 0. The lowest BCUT2D eigenvalue weighted by Gasteiger charge is -2.26. The van der Waals surface area contributed by atoms with Crippen molar-refractivity contribution >= 4 is 28.9 Å². The lowest BCUT2D eigenvalue weighted by atomic mass is 9.86. The Morgan fingerprint density at radius 3 is 2.73 bits per heavy atom. The van der Waals surface area contributed by atoms with Gasteiger partial charge >= 0.3 is 5.97 Å². The molecule has 0 saturated carbocycles. The average molecular weight is 320 g/mol. The zero-order chi connectivity index (χ0) is 16.1. The monoisotopic (exact) mass is 319 g/mol. The molecule has 3 rings (SSSR count). The molecule has 5 heteroatoms. The van der Waals surface area contributed by atoms with E-state index < -0.39 is 17.5 Å². The highest BCUT2D eigenvalue weighted by atomic mass is 35.5. The molecule has 0 bridgehead atoms. The number of carbonyl (C=O) groups excluding carboxylic acids is 2. The number of pyridine rings is 1. The zero-order valence-corrected chi connectivity index (χ0v) is 13.6. The highest BCUT2D eigenvalue weighted by Gasteiger charge is 2.38. The number of ether oxygens (including phenoxy) is 1. The number of Topliss-reactive ketones (excluding diaryl/α,β-unsaturated/α-hetero) is 1. The Hall–Kier alpha value is -1.81. The lowest BCUT2D eigenvalue weighted by molar-refractivity contribution is -0.158. The molecule has 0 radical (unpaired) electrons. The molecule has 1 aliphatic carbocycles. The highest BCUT2D eigenvalue weighted by Crippen LogP contribution is 2.34. The first-order chi connectivity index (χ1) is 10.3. The van der Waals surface area contributed by atoms with Crippen molar-refractivity contribution in [2.75, 3.05) is 0 Å². The number of hydrogen-bond acceptors (Lipinski definition) is 3. The standard InChI is InChI=1S/C17H18ClNO3/c1-17(2,3)22-16(21)14-13(20)7-4-10-8-12-6-5-11(18)9-19(12)15(10)14/h5-6,8-9,14H,4,7H2,1-3H3. The van der Waals surface area contributed by atoms with Gasteiger partial charge in [-0.15, -0.1) is 0 Å². The van der Waals surface area contributed by atoms with E-state index in [2.05, 4.69) is 0 Å². The van der Waals surface area contributed by atoms with Crippen LogP contribution >= 0.6 is 11.6 Å². The van der Waals surface area contributed by atoms with Gasteiger partial charge in [0.25, 0.3) is 0 Å². The largest absolute Gasteiger partial charge is 0.459 e. The molecule has 0 saturated heterocycles. The third kappa shape index (κ3) is 2.63. The van der Waals surface area contributed by atoms with Crippen LogP contribution in [0.25, 0.3) is 5.52 Å². The van der Waals surface area contributed by atoms with Gasteiger partial charge in [-0.3, -0.25) is 9.59 Å². The van der Waals surface area contributed by atoms with E-state index in [0.717, 1.165) is 11.1 Å². The van der Waals surface area contributed by atoms with Crippen LogP contribution in [0.5, 0.6) is 0 Å². The Morgan fingerprint density at radius 2 is 2.05 bits per heavy atom. The normalized spacial score (nSPS) is 18.4. The van der Waals surface area contributed by atoms with Crippen LogP contribution in [-0.4, -0.2) is 21.8 Å². The number of ketones is 1. The van der Waals surface area contributed by atoms with Crippen LogP contribution in [0.3, 0.4) is 0 Å². The predicted octanol–water partition coefficient (Wildman–Crippen LogP) is 3.53. The molecular formula is C17H18ClNO3. The van der Waals surface area contributed by atoms with Crippen LogP contribution in [0.2, 0.25) is 5.02 Å². The van der Waals surface area contributed by atoms with Gasteiger partial charge < -0.3 is 9.14 Å². The Balaban J connectivity index is 2.13. The molecule has 1 unspecified atom stereocenters. The Kier molecular flexibility index (Phi) is 3.52. The molecule has 0 N–H and O–H groups in total. The molecule has 0 fully saturated rings. The van der Waals surface area contributed by atoms with Crippen molar-refractivity contribution in [3.05, 3.63) is 40.7 Å². The molecule has 0 spiro atoms. The van der Waals surface area contributed by atoms with Crippen LogP contribution in [-0.2, 0) is 20.7 Å². The number of aromatic nitrogens is 1. The van der Waals surface area contributed by atoms with E-state index in [9.17, 15) is 9.59 Å². The van der Waals surface area contributed by atoms with Crippen LogP contribution in [0.4, 0.5) is 0 Å². The molecule has 116 valence electrons. The second-order valence-electron chi connectivity index (χ2n) is 6.63. The van der Waals surface area contributed by atoms with Gasteiger partial charge in [0, 0.05) is 23.8 Å². The second kappa shape index (κ2) is 5.13. The Morgan fingerprint density at radius 1 is 1.32 bits per heavy atom. The van der Waals surface area contributed by atoms with Crippen LogP contribution in [0, 0.1) is 0 Å². The molecule has 1 atom stereocenters. The van der Waals surface area contributed by atoms with Gasteiger partial charge in [0.15, 0.2) is 11.7 Å². The topological polar surface area (TPSA) is 47.8 Å². The van der Waals surface area contributed by atoms with E-state index in [1.807, 2.05) is 16.5 Å². The summed E-state index contributed by atoms with van der Waals surface area (Å²) in [5.41, 5.74) is 2.01. The molecule has 4 nitrogen and oxygen atoms in total. The van der Waals surface area contributed by atoms with Gasteiger partial charge in [-0.05, 0) is 51.0 Å². The molecule has 22 heavy (non-hydrogen) atoms. The predicted molar refractivity (Wildman–Crippen MR) is 84.3 cm³/mol. The van der Waals surface area contributed by atoms with Crippen molar-refractivity contribution < 1.29 is 14.3 Å². The summed E-state index contributed by atoms with van der Waals surface area (Å²) in [5, 5.41) is 0.562. The minimum atomic E-state index is -0.871. The summed E-state index contributed by atoms with van der Waals surface area (Å²) >= 11 is 6.07. The van der Waals surface area contributed by atoms with Crippen molar-refractivity contribution in [2.45, 2.75) is 45.1 Å². The van der Waals surface area contributed by atoms with Crippen molar-refractivity contribution in [1.82, 2.24) is 4.40 Å². The van der Waals surface area contributed by atoms with E-state index in [1.165, 1.54) is 0 Å². The average Bonchev–Trinajstić information content (AvgIpc) is 2.74. The van der Waals surface area contributed by atoms with Gasteiger partial charge in [0.2, 0.25) is 0 Å². The fourth-order valence-corrected chi connectivity index (χ4v) is 3.06. The molecule has 0 aliphatic heterocycles. The SMILES string of the molecule is CC(C)(C)OC(=O)C1C(=O)CCc2cc3ccc(Cl)cn3c21. The lowest BCUT2D eigenvalue weighted by Crippen LogP contribution is -2.34. The minimum absolute atomic E-state index is 0.0956. The van der Waals surface area contributed by atoms with E-state index in [0.29, 0.717) is 23.6 Å². The molecule has 0 amide bonds. The van der Waals surface area contributed by atoms with Gasteiger partial charge in [-0.1, -0.05) is 11.6 Å². The fourth-order valence-electron chi connectivity index (χ4n) is 2.90. The van der Waals surface area contributed by atoms with Crippen molar-refractivity contribution in [3.8, 4) is 0 Å². The van der Waals surface area contributed by atoms with E-state index in [4.69, 9.17) is 16.3 Å². The van der Waals surface area contributed by atoms with Crippen molar-refractivity contribution in [1.29, 1.82) is 0 Å². The van der Waals surface area contributed by atoms with Crippen molar-refractivity contribution in [3.63, 3.8) is 0 Å². The first-order valence-electron chi connectivity index (χ1n) is 7.31. The molecular weight excluding hydrogens is 302 g/mol. The van der Waals surface area contributed by atoms with Crippen LogP contribution in [0.15, 0.2) is 24.4 Å². The molecule has 1 aliphatic rings. The van der Waals surface area contributed by atoms with Gasteiger partial charge in [-0.25, -0.2) is 0 Å². The number of carbonyl (C=O) groups is 2. The van der Waals surface area contributed by atoms with Crippen molar-refractivity contribution in [2.24, 2.45) is 0 Å². The number of aryl methyl sites for hydroxylation is 1. The maximum atomic E-state index is 12.5. The summed E-state index contributed by atoms with van der Waals surface area (Å²) in [6.45, 7) is 5.39. The van der Waals surface area contributed by atoms with E-state index in [-0.39, 0.29) is 5.78 Å². The Labute approximate surface area is 134 Å². The first kappa shape index (κ1) is 15.1. The quantitative estimate of drug-likeness (QED) is 0.596. The first-order valence-corrected chi connectivity index (χ1v) is 7.69. The van der Waals surface area contributed by atoms with Gasteiger partial charge in [-0.2, -0.15) is 0 Å². The van der Waals surface area contributed by atoms with Crippen LogP contribution < -0.4 is 0 Å². The highest BCUT2D eigenvalue weighted by molar-refractivity contribution is 6.30. The summed E-state index contributed by atoms with van der Waals surface area (Å²) in [7, 11) is 0. The number of esters is 1. The summed E-state index contributed by atoms with van der Waals surface area (Å²) in [6.07, 6.45) is 2.75. The molecule has 2 heterocycles. The number of nitrogens with zero attached hydrogens (tertiary/aromatic N) is 1. The number of rotatable bonds is 1. The Bertz CT molecular complexity index is 770. The van der Waals surface area contributed by atoms with Crippen LogP contribution in [0.1, 0.15) is 44.4 Å². The molecule has 2 aromatic heterocycles. The summed E-state index contributed by atoms with van der Waals surface area (Å²) < 4.78 is 7.28.